The first-order valence-corrected chi connectivity index (χ1v) is 6.00. The Bertz CT molecular complexity index is 774. The third-order valence-electron chi connectivity index (χ3n) is 2.89. The maximum Gasteiger partial charge on any atom is 0.262 e. The van der Waals surface area contributed by atoms with Gasteiger partial charge < -0.3 is 10.1 Å². The largest absolute Gasteiger partial charge is 0.479 e. The van der Waals surface area contributed by atoms with Crippen molar-refractivity contribution in [1.82, 2.24) is 19.4 Å². The number of fused-ring (bicyclic) bond motifs is 1. The molecule has 0 aliphatic heterocycles. The molecule has 102 valence electrons. The number of ether oxygens (including phenoxy) is 1. The van der Waals surface area contributed by atoms with Crippen LogP contribution in [-0.2, 0) is 7.05 Å². The van der Waals surface area contributed by atoms with Crippen LogP contribution >= 0.6 is 0 Å². The van der Waals surface area contributed by atoms with Crippen molar-refractivity contribution < 1.29 is 9.53 Å². The Hall–Kier alpha value is -2.83. The number of methoxy groups -OCH3 is 1. The van der Waals surface area contributed by atoms with E-state index in [-0.39, 0.29) is 5.91 Å². The molecular formula is C13H13N5O2. The van der Waals surface area contributed by atoms with Crippen LogP contribution in [0.1, 0.15) is 10.4 Å². The zero-order chi connectivity index (χ0) is 14.1. The zero-order valence-electron chi connectivity index (χ0n) is 11.1. The van der Waals surface area contributed by atoms with Crippen molar-refractivity contribution >= 4 is 17.1 Å². The summed E-state index contributed by atoms with van der Waals surface area (Å²) in [5.74, 6) is 0.0363. The van der Waals surface area contributed by atoms with Crippen LogP contribution in [0.25, 0.3) is 5.52 Å². The third kappa shape index (κ3) is 2.09. The van der Waals surface area contributed by atoms with Crippen LogP contribution in [0, 0.1) is 0 Å². The van der Waals surface area contributed by atoms with E-state index in [1.165, 1.54) is 11.8 Å². The number of hydrogen-bond donors (Lipinski definition) is 1. The molecule has 0 aliphatic carbocycles. The van der Waals surface area contributed by atoms with Crippen molar-refractivity contribution in [2.75, 3.05) is 12.4 Å². The molecule has 0 saturated heterocycles. The number of nitrogens with zero attached hydrogens (tertiary/aromatic N) is 4. The second kappa shape index (κ2) is 4.69. The number of nitrogens with one attached hydrogen (secondary N) is 1. The lowest BCUT2D eigenvalue weighted by Crippen LogP contribution is -2.12. The highest BCUT2D eigenvalue weighted by atomic mass is 16.5. The number of amides is 1. The van der Waals surface area contributed by atoms with E-state index in [1.54, 1.807) is 36.2 Å². The Morgan fingerprint density at radius 2 is 2.25 bits per heavy atom. The Morgan fingerprint density at radius 1 is 1.40 bits per heavy atom. The van der Waals surface area contributed by atoms with E-state index < -0.39 is 0 Å². The van der Waals surface area contributed by atoms with Gasteiger partial charge in [-0.3, -0.25) is 9.48 Å². The fourth-order valence-corrected chi connectivity index (χ4v) is 1.97. The molecule has 0 fully saturated rings. The molecule has 7 nitrogen and oxygen atoms in total. The molecular weight excluding hydrogens is 258 g/mol. The van der Waals surface area contributed by atoms with Gasteiger partial charge in [0.15, 0.2) is 0 Å². The summed E-state index contributed by atoms with van der Waals surface area (Å²) in [4.78, 5) is 12.2. The molecule has 0 bridgehead atoms. The Balaban J connectivity index is 1.87. The Kier molecular flexibility index (Phi) is 2.86. The van der Waals surface area contributed by atoms with Crippen LogP contribution < -0.4 is 10.1 Å². The SMILES string of the molecule is COc1nn(C)cc1C(=O)Nc1ccn2nccc2c1. The van der Waals surface area contributed by atoms with Crippen LogP contribution in [0.15, 0.2) is 36.8 Å². The maximum atomic E-state index is 12.2. The van der Waals surface area contributed by atoms with E-state index in [0.717, 1.165) is 5.52 Å². The van der Waals surface area contributed by atoms with Crippen LogP contribution in [0.3, 0.4) is 0 Å². The highest BCUT2D eigenvalue weighted by Gasteiger charge is 2.16. The molecule has 3 aromatic rings. The summed E-state index contributed by atoms with van der Waals surface area (Å²) >= 11 is 0. The summed E-state index contributed by atoms with van der Waals surface area (Å²) < 4.78 is 8.33. The number of rotatable bonds is 3. The lowest BCUT2D eigenvalue weighted by Gasteiger charge is -2.05. The first kappa shape index (κ1) is 12.2. The molecule has 3 rings (SSSR count). The van der Waals surface area contributed by atoms with E-state index in [2.05, 4.69) is 15.5 Å². The molecule has 3 aromatic heterocycles. The number of pyridine rings is 1. The number of aromatic nitrogens is 4. The average molecular weight is 271 g/mol. The first-order valence-electron chi connectivity index (χ1n) is 6.00. The summed E-state index contributed by atoms with van der Waals surface area (Å²) in [6.45, 7) is 0. The normalized spacial score (nSPS) is 10.7. The fourth-order valence-electron chi connectivity index (χ4n) is 1.97. The van der Waals surface area contributed by atoms with Gasteiger partial charge in [-0.15, -0.1) is 5.10 Å². The average Bonchev–Trinajstić information content (AvgIpc) is 3.03. The molecule has 1 N–H and O–H groups in total. The van der Waals surface area contributed by atoms with Crippen molar-refractivity contribution in [1.29, 1.82) is 0 Å². The number of carbonyl (C=O) groups excluding carboxylic acids is 1. The number of hydrogen-bond acceptors (Lipinski definition) is 4. The third-order valence-corrected chi connectivity index (χ3v) is 2.89. The molecule has 7 heteroatoms. The zero-order valence-corrected chi connectivity index (χ0v) is 11.1. The maximum absolute atomic E-state index is 12.2. The quantitative estimate of drug-likeness (QED) is 0.780. The Morgan fingerprint density at radius 3 is 3.05 bits per heavy atom. The van der Waals surface area contributed by atoms with Crippen LogP contribution in [0.2, 0.25) is 0 Å². The van der Waals surface area contributed by atoms with Crippen molar-refractivity contribution in [3.8, 4) is 5.88 Å². The summed E-state index contributed by atoms with van der Waals surface area (Å²) in [5, 5.41) is 11.0. The minimum Gasteiger partial charge on any atom is -0.479 e. The highest BCUT2D eigenvalue weighted by molar-refractivity contribution is 6.05. The van der Waals surface area contributed by atoms with E-state index in [0.29, 0.717) is 17.1 Å². The molecule has 0 aliphatic rings. The molecule has 20 heavy (non-hydrogen) atoms. The molecule has 0 saturated carbocycles. The topological polar surface area (TPSA) is 73.5 Å². The van der Waals surface area contributed by atoms with Gasteiger partial charge >= 0.3 is 0 Å². The molecule has 3 heterocycles. The van der Waals surface area contributed by atoms with E-state index in [1.807, 2.05) is 12.1 Å². The van der Waals surface area contributed by atoms with Crippen molar-refractivity contribution in [2.24, 2.45) is 7.05 Å². The standard InChI is InChI=1S/C13H13N5O2/c1-17-8-11(13(16-17)20-2)12(19)15-9-4-6-18-10(7-9)3-5-14-18/h3-8H,1-2H3,(H,15,19). The summed E-state index contributed by atoms with van der Waals surface area (Å²) in [7, 11) is 3.22. The predicted molar refractivity (Wildman–Crippen MR) is 72.9 cm³/mol. The minimum absolute atomic E-state index is 0.265. The second-order valence-corrected chi connectivity index (χ2v) is 4.30. The van der Waals surface area contributed by atoms with E-state index >= 15 is 0 Å². The van der Waals surface area contributed by atoms with Gasteiger partial charge in [-0.25, -0.2) is 4.52 Å². The van der Waals surface area contributed by atoms with Gasteiger partial charge in [-0.1, -0.05) is 0 Å². The van der Waals surface area contributed by atoms with E-state index in [9.17, 15) is 4.79 Å². The number of anilines is 1. The van der Waals surface area contributed by atoms with Gasteiger partial charge in [-0.2, -0.15) is 5.10 Å². The second-order valence-electron chi connectivity index (χ2n) is 4.30. The first-order chi connectivity index (χ1) is 9.67. The lowest BCUT2D eigenvalue weighted by molar-refractivity contribution is 0.102. The van der Waals surface area contributed by atoms with Crippen LogP contribution in [0.4, 0.5) is 5.69 Å². The molecule has 0 unspecified atom stereocenters. The summed E-state index contributed by atoms with van der Waals surface area (Å²) in [5.41, 5.74) is 1.98. The lowest BCUT2D eigenvalue weighted by atomic mass is 10.3. The van der Waals surface area contributed by atoms with Gasteiger partial charge in [0.1, 0.15) is 5.56 Å². The van der Waals surface area contributed by atoms with Crippen molar-refractivity contribution in [3.63, 3.8) is 0 Å². The smallest absolute Gasteiger partial charge is 0.262 e. The monoisotopic (exact) mass is 271 g/mol. The molecule has 0 aromatic carbocycles. The number of carbonyl (C=O) groups is 1. The minimum atomic E-state index is -0.265. The van der Waals surface area contributed by atoms with Crippen LogP contribution in [0.5, 0.6) is 5.88 Å². The molecule has 0 spiro atoms. The van der Waals surface area contributed by atoms with Gasteiger partial charge in [0.25, 0.3) is 5.91 Å². The summed E-state index contributed by atoms with van der Waals surface area (Å²) in [6.07, 6.45) is 5.10. The number of aryl methyl sites for hydroxylation is 1. The van der Waals surface area contributed by atoms with Crippen molar-refractivity contribution in [2.45, 2.75) is 0 Å². The van der Waals surface area contributed by atoms with Gasteiger partial charge in [0.2, 0.25) is 5.88 Å². The molecule has 0 radical (unpaired) electrons. The van der Waals surface area contributed by atoms with Crippen LogP contribution in [-0.4, -0.2) is 32.4 Å². The predicted octanol–water partition coefficient (Wildman–Crippen LogP) is 1.33. The van der Waals surface area contributed by atoms with Gasteiger partial charge in [-0.05, 0) is 18.2 Å². The highest BCUT2D eigenvalue weighted by Crippen LogP contribution is 2.18. The fraction of sp³-hybridized carbons (Fsp3) is 0.154. The Labute approximate surface area is 114 Å². The van der Waals surface area contributed by atoms with E-state index in [4.69, 9.17) is 4.74 Å². The van der Waals surface area contributed by atoms with Crippen molar-refractivity contribution in [3.05, 3.63) is 42.4 Å². The van der Waals surface area contributed by atoms with Gasteiger partial charge in [0.05, 0.1) is 12.6 Å². The summed E-state index contributed by atoms with van der Waals surface area (Å²) in [6, 6.07) is 5.48. The molecule has 1 amide bonds. The van der Waals surface area contributed by atoms with Gasteiger partial charge in [0, 0.05) is 31.3 Å². The molecule has 0 atom stereocenters.